The summed E-state index contributed by atoms with van der Waals surface area (Å²) in [5.41, 5.74) is 10.7. The fourth-order valence-corrected chi connectivity index (χ4v) is 14.7. The summed E-state index contributed by atoms with van der Waals surface area (Å²) in [5, 5.41) is 0. The zero-order valence-electron chi connectivity index (χ0n) is 18.5. The summed E-state index contributed by atoms with van der Waals surface area (Å²) in [4.78, 5) is 0. The van der Waals surface area contributed by atoms with Gasteiger partial charge in [-0.3, -0.25) is 0 Å². The van der Waals surface area contributed by atoms with Crippen LogP contribution in [0.15, 0.2) is 33.5 Å². The molecule has 0 amide bonds. The van der Waals surface area contributed by atoms with Crippen molar-refractivity contribution in [3.63, 3.8) is 0 Å². The standard InChI is InChI=1S/2C12H19.Ba/c2*1-6-7-11-8-12(4,5)10(3)9(11)2;/h2*6-7H2,1-5H3;. The third-order valence-electron chi connectivity index (χ3n) is 7.50. The van der Waals surface area contributed by atoms with E-state index in [-0.39, 0.29) is 0 Å². The molecule has 0 fully saturated rings. The third kappa shape index (κ3) is 3.64. The first kappa shape index (κ1) is 21.8. The first-order valence-corrected chi connectivity index (χ1v) is 14.8. The predicted molar refractivity (Wildman–Crippen MR) is 114 cm³/mol. The van der Waals surface area contributed by atoms with Crippen LogP contribution in [-0.2, 0) is 0 Å². The topological polar surface area (TPSA) is 0 Å². The van der Waals surface area contributed by atoms with Gasteiger partial charge >= 0.3 is 183 Å². The molecule has 0 aliphatic heterocycles. The average Bonchev–Trinajstić information content (AvgIpc) is 2.80. The van der Waals surface area contributed by atoms with Crippen molar-refractivity contribution in [2.24, 2.45) is 10.8 Å². The number of hydrogen-bond acceptors (Lipinski definition) is 0. The Morgan fingerprint density at radius 2 is 0.960 bits per heavy atom. The van der Waals surface area contributed by atoms with Crippen LogP contribution in [0.5, 0.6) is 0 Å². The Kier molecular flexibility index (Phi) is 6.88. The van der Waals surface area contributed by atoms with E-state index in [0.717, 1.165) is 0 Å². The van der Waals surface area contributed by atoms with Gasteiger partial charge in [0.05, 0.1) is 0 Å². The van der Waals surface area contributed by atoms with E-state index in [9.17, 15) is 0 Å². The van der Waals surface area contributed by atoms with Gasteiger partial charge in [-0.05, 0) is 0 Å². The van der Waals surface area contributed by atoms with E-state index < -0.39 is 44.2 Å². The number of rotatable bonds is 6. The van der Waals surface area contributed by atoms with E-state index in [4.69, 9.17) is 0 Å². The molecule has 0 saturated carbocycles. The Bertz CT molecular complexity index is 630. The molecule has 0 aromatic heterocycles. The quantitative estimate of drug-likeness (QED) is 0.357. The minimum atomic E-state index is -1.39. The molecule has 0 aromatic rings. The van der Waals surface area contributed by atoms with Gasteiger partial charge in [-0.1, -0.05) is 0 Å². The van der Waals surface area contributed by atoms with E-state index in [1.54, 1.807) is 33.4 Å². The second-order valence-electron chi connectivity index (χ2n) is 9.34. The van der Waals surface area contributed by atoms with Gasteiger partial charge in [0.2, 0.25) is 0 Å². The molecule has 0 bridgehead atoms. The number of allylic oxidation sites excluding steroid dienone is 8. The number of hydrogen-bond donors (Lipinski definition) is 0. The molecule has 0 radical (unpaired) electrons. The molecule has 0 atom stereocenters. The van der Waals surface area contributed by atoms with Gasteiger partial charge in [-0.2, -0.15) is 0 Å². The molecule has 0 N–H and O–H groups in total. The van der Waals surface area contributed by atoms with E-state index in [0.29, 0.717) is 10.8 Å². The van der Waals surface area contributed by atoms with Gasteiger partial charge in [0, 0.05) is 0 Å². The van der Waals surface area contributed by atoms with Gasteiger partial charge in [-0.25, -0.2) is 0 Å². The molecule has 0 saturated heterocycles. The van der Waals surface area contributed by atoms with Crippen LogP contribution in [0.4, 0.5) is 0 Å². The van der Waals surface area contributed by atoms with Crippen molar-refractivity contribution in [2.45, 2.75) is 94.9 Å². The van der Waals surface area contributed by atoms with Gasteiger partial charge in [-0.15, -0.1) is 0 Å². The summed E-state index contributed by atoms with van der Waals surface area (Å²) in [6.45, 7) is 24.2. The zero-order chi connectivity index (χ0) is 19.2. The maximum atomic E-state index is 2.50. The van der Waals surface area contributed by atoms with Gasteiger partial charge in [0.15, 0.2) is 0 Å². The zero-order valence-corrected chi connectivity index (χ0v) is 23.0. The van der Waals surface area contributed by atoms with Crippen LogP contribution in [0.1, 0.15) is 94.9 Å². The second-order valence-corrected chi connectivity index (χ2v) is 14.9. The van der Waals surface area contributed by atoms with Crippen LogP contribution in [0.2, 0.25) is 0 Å². The molecule has 0 aromatic carbocycles. The maximum absolute atomic E-state index is 2.50. The van der Waals surface area contributed by atoms with Crippen LogP contribution in [0.25, 0.3) is 0 Å². The normalized spacial score (nSPS) is 22.5. The van der Waals surface area contributed by atoms with Gasteiger partial charge < -0.3 is 0 Å². The first-order chi connectivity index (χ1) is 11.5. The van der Waals surface area contributed by atoms with E-state index in [1.165, 1.54) is 25.7 Å². The van der Waals surface area contributed by atoms with Crippen LogP contribution >= 0.6 is 0 Å². The summed E-state index contributed by atoms with van der Waals surface area (Å²) in [7, 11) is 0. The SMILES string of the molecule is CCCC1=[C]([Ba][C]2=C(CCC)C(C)=C(C)C2(C)C)C(C)(C)C(C)=C1C. The molecule has 25 heavy (non-hydrogen) atoms. The summed E-state index contributed by atoms with van der Waals surface area (Å²) in [5.74, 6) is 0. The summed E-state index contributed by atoms with van der Waals surface area (Å²) < 4.78 is 3.84. The Labute approximate surface area is 181 Å². The monoisotopic (exact) mass is 464 g/mol. The van der Waals surface area contributed by atoms with Crippen molar-refractivity contribution in [2.75, 3.05) is 0 Å². The Morgan fingerprint density at radius 1 is 0.640 bits per heavy atom. The van der Waals surface area contributed by atoms with Crippen molar-refractivity contribution in [3.8, 4) is 0 Å². The van der Waals surface area contributed by atoms with E-state index >= 15 is 0 Å². The van der Waals surface area contributed by atoms with Crippen molar-refractivity contribution < 1.29 is 0 Å². The van der Waals surface area contributed by atoms with Crippen LogP contribution in [0.3, 0.4) is 0 Å². The first-order valence-electron chi connectivity index (χ1n) is 10.3. The molecule has 0 spiro atoms. The summed E-state index contributed by atoms with van der Waals surface area (Å²) in [6, 6.07) is 0. The molecular weight excluding hydrogens is 426 g/mol. The molecule has 2 aliphatic rings. The third-order valence-corrected chi connectivity index (χ3v) is 17.9. The van der Waals surface area contributed by atoms with Gasteiger partial charge in [0.25, 0.3) is 0 Å². The van der Waals surface area contributed by atoms with Crippen molar-refractivity contribution in [1.29, 1.82) is 0 Å². The minimum absolute atomic E-state index is 0.306. The molecule has 0 heterocycles. The second kappa shape index (κ2) is 7.88. The Morgan fingerprint density at radius 3 is 1.24 bits per heavy atom. The molecule has 0 unspecified atom stereocenters. The van der Waals surface area contributed by atoms with Crippen molar-refractivity contribution in [3.05, 3.63) is 33.5 Å². The molecular formula is C24H38Ba. The molecule has 2 aliphatic carbocycles. The molecule has 0 nitrogen and oxygen atoms in total. The van der Waals surface area contributed by atoms with Crippen molar-refractivity contribution in [1.82, 2.24) is 0 Å². The predicted octanol–water partition coefficient (Wildman–Crippen LogP) is 7.55. The van der Waals surface area contributed by atoms with Crippen LogP contribution in [-0.4, -0.2) is 44.2 Å². The average molecular weight is 464 g/mol. The van der Waals surface area contributed by atoms with Crippen LogP contribution in [0, 0.1) is 10.8 Å². The van der Waals surface area contributed by atoms with Gasteiger partial charge in [0.1, 0.15) is 0 Å². The molecule has 136 valence electrons. The summed E-state index contributed by atoms with van der Waals surface area (Å²) in [6.07, 6.45) is 5.11. The van der Waals surface area contributed by atoms with E-state index in [2.05, 4.69) is 69.2 Å². The Hall–Kier alpha value is 0.531. The molecule has 2 rings (SSSR count). The summed E-state index contributed by atoms with van der Waals surface area (Å²) >= 11 is -1.39. The van der Waals surface area contributed by atoms with E-state index in [1.807, 2.05) is 0.0821 Å². The fraction of sp³-hybridized carbons (Fsp3) is 0.667. The van der Waals surface area contributed by atoms with Crippen LogP contribution < -0.4 is 0 Å². The molecule has 1 heteroatoms. The fourth-order valence-electron chi connectivity index (χ4n) is 5.06. The van der Waals surface area contributed by atoms with Crippen molar-refractivity contribution >= 4 is 44.2 Å². The Balaban J connectivity index is 2.56.